The fourth-order valence-electron chi connectivity index (χ4n) is 3.42. The third kappa shape index (κ3) is 7.43. The lowest BCUT2D eigenvalue weighted by atomic mass is 9.80. The molecule has 1 aliphatic rings. The van der Waals surface area contributed by atoms with Crippen LogP contribution in [0.1, 0.15) is 60.3 Å². The van der Waals surface area contributed by atoms with Gasteiger partial charge in [0.2, 0.25) is 0 Å². The van der Waals surface area contributed by atoms with E-state index in [9.17, 15) is 9.90 Å². The number of aliphatic hydroxyl groups excluding tert-OH is 1. The lowest BCUT2D eigenvalue weighted by molar-refractivity contribution is -0.140. The van der Waals surface area contributed by atoms with Crippen LogP contribution < -0.4 is 0 Å². The van der Waals surface area contributed by atoms with Gasteiger partial charge in [0.05, 0.1) is 12.7 Å². The van der Waals surface area contributed by atoms with Crippen molar-refractivity contribution in [3.8, 4) is 0 Å². The van der Waals surface area contributed by atoms with Crippen molar-refractivity contribution in [3.63, 3.8) is 0 Å². The van der Waals surface area contributed by atoms with Crippen LogP contribution in [0, 0.1) is 11.8 Å². The average Bonchev–Trinajstić information content (AvgIpc) is 2.88. The third-order valence-corrected chi connectivity index (χ3v) is 4.82. The topological polar surface area (TPSA) is 46.5 Å². The van der Waals surface area contributed by atoms with Crippen LogP contribution in [0.4, 0.5) is 0 Å². The molecule has 3 heteroatoms. The molecule has 0 saturated carbocycles. The molecule has 0 spiro atoms. The van der Waals surface area contributed by atoms with E-state index < -0.39 is 6.10 Å². The van der Waals surface area contributed by atoms with Gasteiger partial charge in [0.15, 0.2) is 0 Å². The first kappa shape index (κ1) is 21.4. The lowest BCUT2D eigenvalue weighted by Gasteiger charge is -2.27. The number of hydrogen-bond donors (Lipinski definition) is 1. The van der Waals surface area contributed by atoms with E-state index in [1.54, 1.807) is 0 Å². The zero-order valence-electron chi connectivity index (χ0n) is 16.5. The smallest absolute Gasteiger partial charge is 0.302 e. The zero-order valence-corrected chi connectivity index (χ0v) is 16.5. The molecule has 0 amide bonds. The molecule has 1 aliphatic carbocycles. The summed E-state index contributed by atoms with van der Waals surface area (Å²) in [6.07, 6.45) is 9.45. The Morgan fingerprint density at radius 3 is 2.64 bits per heavy atom. The van der Waals surface area contributed by atoms with Gasteiger partial charge < -0.3 is 9.84 Å². The maximum atomic E-state index is 10.9. The molecular weight excluding hydrogens is 312 g/mol. The molecule has 0 unspecified atom stereocenters. The normalized spacial score (nSPS) is 21.5. The number of rotatable bonds is 9. The lowest BCUT2D eigenvalue weighted by Crippen LogP contribution is -2.26. The zero-order chi connectivity index (χ0) is 19.0. The van der Waals surface area contributed by atoms with E-state index in [1.807, 2.05) is 6.08 Å². The highest BCUT2D eigenvalue weighted by atomic mass is 16.5. The van der Waals surface area contributed by atoms with Crippen LogP contribution in [0.2, 0.25) is 0 Å². The summed E-state index contributed by atoms with van der Waals surface area (Å²) in [5.41, 5.74) is 4.81. The molecule has 0 aliphatic heterocycles. The molecule has 1 rings (SSSR count). The Morgan fingerprint density at radius 2 is 2.04 bits per heavy atom. The monoisotopic (exact) mass is 346 g/mol. The maximum absolute atomic E-state index is 10.9. The van der Waals surface area contributed by atoms with Gasteiger partial charge in [-0.2, -0.15) is 0 Å². The molecule has 1 N–H and O–H groups in total. The molecule has 3 atom stereocenters. The van der Waals surface area contributed by atoms with Gasteiger partial charge in [0, 0.05) is 19.3 Å². The van der Waals surface area contributed by atoms with Crippen molar-refractivity contribution < 1.29 is 14.6 Å². The van der Waals surface area contributed by atoms with Crippen LogP contribution in [0.25, 0.3) is 0 Å². The number of carbonyl (C=O) groups excluding carboxylic acids is 1. The fourth-order valence-corrected chi connectivity index (χ4v) is 3.42. The Bertz CT molecular complexity index is 562. The van der Waals surface area contributed by atoms with E-state index in [2.05, 4.69) is 46.4 Å². The Hall–Kier alpha value is -1.61. The molecule has 0 aromatic rings. The molecule has 0 bridgehead atoms. The Morgan fingerprint density at radius 1 is 1.36 bits per heavy atom. The predicted molar refractivity (Wildman–Crippen MR) is 104 cm³/mol. The second-order valence-electron chi connectivity index (χ2n) is 7.39. The third-order valence-electron chi connectivity index (χ3n) is 4.82. The minimum absolute atomic E-state index is 0.0724. The second kappa shape index (κ2) is 10.4. The summed E-state index contributed by atoms with van der Waals surface area (Å²) < 4.78 is 5.03. The SMILES string of the molecule is C=C(CCOC(C)=O)[C@@H]1CC=C(C)[C@H]1[C@H](O)/C=C(/C)CCC=C(C)C. The Kier molecular flexibility index (Phi) is 8.91. The number of ether oxygens (including phenoxy) is 1. The quantitative estimate of drug-likeness (QED) is 0.465. The molecular formula is C22H34O3. The summed E-state index contributed by atoms with van der Waals surface area (Å²) in [6.45, 7) is 14.3. The summed E-state index contributed by atoms with van der Waals surface area (Å²) in [5.74, 6) is 0.0238. The molecule has 0 aromatic carbocycles. The van der Waals surface area contributed by atoms with Gasteiger partial charge in [0.1, 0.15) is 0 Å². The average molecular weight is 347 g/mol. The first-order chi connectivity index (χ1) is 11.7. The van der Waals surface area contributed by atoms with Crippen molar-refractivity contribution in [3.05, 3.63) is 47.1 Å². The molecule has 0 heterocycles. The highest BCUT2D eigenvalue weighted by molar-refractivity contribution is 5.65. The molecule has 0 fully saturated rings. The molecule has 0 radical (unpaired) electrons. The predicted octanol–water partition coefficient (Wildman–Crippen LogP) is 5.13. The van der Waals surface area contributed by atoms with Gasteiger partial charge in [-0.05, 0) is 52.9 Å². The standard InChI is InChI=1S/C22H34O3/c1-15(2)8-7-9-16(3)14-21(24)22-18(5)10-11-20(22)17(4)12-13-25-19(6)23/h8,10,14,20-22,24H,4,7,9,11-13H2,1-3,5-6H3/b16-14-/t20-,21+,22+/m0/s1. The van der Waals surface area contributed by atoms with E-state index in [0.717, 1.165) is 24.8 Å². The largest absolute Gasteiger partial charge is 0.466 e. The van der Waals surface area contributed by atoms with E-state index >= 15 is 0 Å². The summed E-state index contributed by atoms with van der Waals surface area (Å²) in [6, 6.07) is 0. The van der Waals surface area contributed by atoms with Gasteiger partial charge in [-0.25, -0.2) is 0 Å². The van der Waals surface area contributed by atoms with Crippen LogP contribution in [0.15, 0.2) is 47.1 Å². The van der Waals surface area contributed by atoms with Crippen molar-refractivity contribution in [2.24, 2.45) is 11.8 Å². The van der Waals surface area contributed by atoms with Gasteiger partial charge in [-0.1, -0.05) is 47.1 Å². The van der Waals surface area contributed by atoms with E-state index in [0.29, 0.717) is 13.0 Å². The number of carbonyl (C=O) groups is 1. The summed E-state index contributed by atoms with van der Waals surface area (Å²) in [5, 5.41) is 10.8. The van der Waals surface area contributed by atoms with Crippen LogP contribution in [0.5, 0.6) is 0 Å². The number of hydrogen-bond acceptors (Lipinski definition) is 3. The van der Waals surface area contributed by atoms with Crippen LogP contribution in [0.3, 0.4) is 0 Å². The first-order valence-electron chi connectivity index (χ1n) is 9.18. The van der Waals surface area contributed by atoms with Gasteiger partial charge in [-0.15, -0.1) is 0 Å². The minimum atomic E-state index is -0.499. The van der Waals surface area contributed by atoms with E-state index in [-0.39, 0.29) is 17.8 Å². The van der Waals surface area contributed by atoms with Crippen molar-refractivity contribution in [1.29, 1.82) is 0 Å². The van der Waals surface area contributed by atoms with Crippen molar-refractivity contribution in [1.82, 2.24) is 0 Å². The number of esters is 1. The molecule has 0 saturated heterocycles. The van der Waals surface area contributed by atoms with Crippen molar-refractivity contribution in [2.45, 2.75) is 66.4 Å². The maximum Gasteiger partial charge on any atom is 0.302 e. The van der Waals surface area contributed by atoms with Crippen LogP contribution in [-0.4, -0.2) is 23.8 Å². The summed E-state index contributed by atoms with van der Waals surface area (Å²) >= 11 is 0. The van der Waals surface area contributed by atoms with Gasteiger partial charge >= 0.3 is 5.97 Å². The van der Waals surface area contributed by atoms with Gasteiger partial charge in [-0.3, -0.25) is 4.79 Å². The number of allylic oxidation sites excluding steroid dienone is 4. The van der Waals surface area contributed by atoms with Gasteiger partial charge in [0.25, 0.3) is 0 Å². The van der Waals surface area contributed by atoms with Crippen molar-refractivity contribution in [2.75, 3.05) is 6.61 Å². The van der Waals surface area contributed by atoms with Crippen molar-refractivity contribution >= 4 is 5.97 Å². The highest BCUT2D eigenvalue weighted by Crippen LogP contribution is 2.40. The second-order valence-corrected chi connectivity index (χ2v) is 7.39. The first-order valence-corrected chi connectivity index (χ1v) is 9.18. The molecule has 3 nitrogen and oxygen atoms in total. The number of aliphatic hydroxyl groups is 1. The Labute approximate surface area is 153 Å². The minimum Gasteiger partial charge on any atom is -0.466 e. The van der Waals surface area contributed by atoms with Crippen LogP contribution in [-0.2, 0) is 9.53 Å². The van der Waals surface area contributed by atoms with E-state index in [4.69, 9.17) is 4.74 Å². The Balaban J connectivity index is 2.67. The molecule has 140 valence electrons. The highest BCUT2D eigenvalue weighted by Gasteiger charge is 2.33. The molecule has 25 heavy (non-hydrogen) atoms. The van der Waals surface area contributed by atoms with Crippen LogP contribution >= 0.6 is 0 Å². The fraction of sp³-hybridized carbons (Fsp3) is 0.591. The van der Waals surface area contributed by atoms with E-state index in [1.165, 1.54) is 23.6 Å². The summed E-state index contributed by atoms with van der Waals surface area (Å²) in [4.78, 5) is 10.9. The molecule has 0 aromatic heterocycles. The summed E-state index contributed by atoms with van der Waals surface area (Å²) in [7, 11) is 0.